The van der Waals surface area contributed by atoms with Gasteiger partial charge in [0.1, 0.15) is 18.9 Å². The van der Waals surface area contributed by atoms with Crippen LogP contribution in [0.3, 0.4) is 0 Å². The number of hydrogen-bond acceptors (Lipinski definition) is 7. The first-order valence-corrected chi connectivity index (χ1v) is 12.7. The van der Waals surface area contributed by atoms with E-state index < -0.39 is 18.2 Å². The summed E-state index contributed by atoms with van der Waals surface area (Å²) in [6, 6.07) is 11.7. The molecule has 11 heteroatoms. The number of benzene rings is 1. The van der Waals surface area contributed by atoms with Crippen LogP contribution >= 0.6 is 0 Å². The number of guanidine groups is 1. The number of nitrogens with two attached hydrogens (primary N) is 1. The second-order valence-corrected chi connectivity index (χ2v) is 8.95. The lowest BCUT2D eigenvalue weighted by Gasteiger charge is -2.25. The highest BCUT2D eigenvalue weighted by Gasteiger charge is 2.34. The minimum atomic E-state index is -0.718. The molecule has 0 bridgehead atoms. The van der Waals surface area contributed by atoms with Gasteiger partial charge in [0.15, 0.2) is 5.96 Å². The minimum Gasteiger partial charge on any atom is -0.444 e. The molecule has 2 aromatic rings. The van der Waals surface area contributed by atoms with Crippen molar-refractivity contribution >= 4 is 30.2 Å². The highest BCUT2D eigenvalue weighted by molar-refractivity contribution is 5.92. The van der Waals surface area contributed by atoms with Gasteiger partial charge in [0.2, 0.25) is 11.8 Å². The molecule has 1 fully saturated rings. The third kappa shape index (κ3) is 9.30. The van der Waals surface area contributed by atoms with Crippen LogP contribution in [-0.4, -0.2) is 65.2 Å². The van der Waals surface area contributed by atoms with Gasteiger partial charge in [0.05, 0.1) is 6.04 Å². The number of carbonyl (C=O) groups excluding carboxylic acids is 4. The van der Waals surface area contributed by atoms with Gasteiger partial charge < -0.3 is 25.5 Å². The Balaban J connectivity index is 1.37. The number of nitrogens with zero attached hydrogens (tertiary/aromatic N) is 3. The third-order valence-corrected chi connectivity index (χ3v) is 6.12. The summed E-state index contributed by atoms with van der Waals surface area (Å²) in [5, 5.41) is 5.08. The van der Waals surface area contributed by atoms with E-state index in [1.807, 2.05) is 42.5 Å². The van der Waals surface area contributed by atoms with E-state index in [0.29, 0.717) is 44.9 Å². The lowest BCUT2D eigenvalue weighted by atomic mass is 10.1. The Kier molecular flexibility index (Phi) is 11.2. The zero-order chi connectivity index (χ0) is 27.2. The second-order valence-electron chi connectivity index (χ2n) is 8.95. The Labute approximate surface area is 221 Å². The summed E-state index contributed by atoms with van der Waals surface area (Å²) in [5.74, 6) is -0.518. The highest BCUT2D eigenvalue weighted by atomic mass is 16.5. The molecule has 1 aliphatic heterocycles. The number of rotatable bonds is 12. The van der Waals surface area contributed by atoms with Crippen LogP contribution in [0.2, 0.25) is 0 Å². The van der Waals surface area contributed by atoms with Gasteiger partial charge in [0, 0.05) is 31.9 Å². The van der Waals surface area contributed by atoms with Crippen LogP contribution in [0.25, 0.3) is 0 Å². The number of alkyl carbamates (subject to hydrolysis) is 1. The SMILES string of the molecule is NC(=NCCC[C@@H](C=O)NC(=O)[C@@H]1CCCN1C(=O)CCc1cccnc1)NC(=O)OCc1ccccc1. The van der Waals surface area contributed by atoms with Crippen molar-refractivity contribution in [3.63, 3.8) is 0 Å². The van der Waals surface area contributed by atoms with E-state index in [2.05, 4.69) is 20.6 Å². The number of aliphatic imine (C=N–C) groups is 1. The number of aromatic nitrogens is 1. The molecule has 3 rings (SSSR count). The quantitative estimate of drug-likeness (QED) is 0.166. The van der Waals surface area contributed by atoms with E-state index in [1.165, 1.54) is 0 Å². The van der Waals surface area contributed by atoms with E-state index in [-0.39, 0.29) is 30.9 Å². The summed E-state index contributed by atoms with van der Waals surface area (Å²) in [5.41, 5.74) is 7.52. The first-order chi connectivity index (χ1) is 18.5. The number of aryl methyl sites for hydroxylation is 1. The van der Waals surface area contributed by atoms with Crippen LogP contribution in [0.1, 0.15) is 43.2 Å². The van der Waals surface area contributed by atoms with E-state index >= 15 is 0 Å². The number of carbonyl (C=O) groups is 4. The Morgan fingerprint density at radius 2 is 1.97 bits per heavy atom. The molecule has 38 heavy (non-hydrogen) atoms. The molecule has 3 amide bonds. The van der Waals surface area contributed by atoms with Crippen molar-refractivity contribution in [2.24, 2.45) is 10.7 Å². The second kappa shape index (κ2) is 15.1. The van der Waals surface area contributed by atoms with Crippen LogP contribution in [0, 0.1) is 0 Å². The smallest absolute Gasteiger partial charge is 0.414 e. The molecule has 0 aliphatic carbocycles. The lowest BCUT2D eigenvalue weighted by Crippen LogP contribution is -2.49. The lowest BCUT2D eigenvalue weighted by molar-refractivity contribution is -0.139. The average Bonchev–Trinajstić information content (AvgIpc) is 3.44. The van der Waals surface area contributed by atoms with Crippen molar-refractivity contribution in [3.8, 4) is 0 Å². The Hall–Kier alpha value is -4.28. The number of nitrogens with one attached hydrogen (secondary N) is 2. The summed E-state index contributed by atoms with van der Waals surface area (Å²) in [6.07, 6.45) is 6.28. The Bertz CT molecular complexity index is 1100. The molecular weight excluding hydrogens is 488 g/mol. The first kappa shape index (κ1) is 28.3. The molecular formula is C27H34N6O5. The molecule has 0 saturated carbocycles. The maximum Gasteiger partial charge on any atom is 0.414 e. The van der Waals surface area contributed by atoms with E-state index in [9.17, 15) is 19.2 Å². The van der Waals surface area contributed by atoms with E-state index in [4.69, 9.17) is 10.5 Å². The van der Waals surface area contributed by atoms with Gasteiger partial charge in [0.25, 0.3) is 0 Å². The fraction of sp³-hybridized carbons (Fsp3) is 0.407. The molecule has 2 atom stereocenters. The molecule has 0 spiro atoms. The molecule has 11 nitrogen and oxygen atoms in total. The fourth-order valence-electron chi connectivity index (χ4n) is 4.15. The zero-order valence-corrected chi connectivity index (χ0v) is 21.3. The van der Waals surface area contributed by atoms with Crippen LogP contribution in [0.15, 0.2) is 59.9 Å². The van der Waals surface area contributed by atoms with Gasteiger partial charge in [-0.1, -0.05) is 36.4 Å². The predicted molar refractivity (Wildman–Crippen MR) is 141 cm³/mol. The number of pyridine rings is 1. The molecule has 202 valence electrons. The number of amides is 3. The van der Waals surface area contributed by atoms with Crippen molar-refractivity contribution in [1.29, 1.82) is 0 Å². The zero-order valence-electron chi connectivity index (χ0n) is 21.3. The van der Waals surface area contributed by atoms with Crippen molar-refractivity contribution < 1.29 is 23.9 Å². The van der Waals surface area contributed by atoms with Crippen LogP contribution in [0.4, 0.5) is 4.79 Å². The summed E-state index contributed by atoms with van der Waals surface area (Å²) in [6.45, 7) is 0.868. The molecule has 4 N–H and O–H groups in total. The van der Waals surface area contributed by atoms with Gasteiger partial charge in [-0.05, 0) is 49.3 Å². The number of hydrogen-bond donors (Lipinski definition) is 3. The van der Waals surface area contributed by atoms with Gasteiger partial charge in [-0.2, -0.15) is 0 Å². The largest absolute Gasteiger partial charge is 0.444 e. The molecule has 1 aromatic carbocycles. The summed E-state index contributed by atoms with van der Waals surface area (Å²) < 4.78 is 5.08. The Morgan fingerprint density at radius 1 is 1.18 bits per heavy atom. The fourth-order valence-corrected chi connectivity index (χ4v) is 4.15. The number of aldehydes is 1. The average molecular weight is 523 g/mol. The molecule has 2 heterocycles. The summed E-state index contributed by atoms with van der Waals surface area (Å²) >= 11 is 0. The van der Waals surface area contributed by atoms with E-state index in [0.717, 1.165) is 17.5 Å². The van der Waals surface area contributed by atoms with Gasteiger partial charge >= 0.3 is 6.09 Å². The maximum absolute atomic E-state index is 12.8. The normalized spacial score (nSPS) is 15.9. The number of ether oxygens (including phenoxy) is 1. The monoisotopic (exact) mass is 522 g/mol. The minimum absolute atomic E-state index is 0.0891. The van der Waals surface area contributed by atoms with Crippen molar-refractivity contribution in [2.75, 3.05) is 13.1 Å². The topological polar surface area (TPSA) is 156 Å². The van der Waals surface area contributed by atoms with Gasteiger partial charge in [-0.25, -0.2) is 4.79 Å². The summed E-state index contributed by atoms with van der Waals surface area (Å²) in [7, 11) is 0. The van der Waals surface area contributed by atoms with Gasteiger partial charge in [-0.3, -0.25) is 24.9 Å². The molecule has 0 unspecified atom stereocenters. The maximum atomic E-state index is 12.8. The molecule has 0 radical (unpaired) electrons. The molecule has 1 aliphatic rings. The predicted octanol–water partition coefficient (Wildman–Crippen LogP) is 1.71. The summed E-state index contributed by atoms with van der Waals surface area (Å²) in [4.78, 5) is 58.7. The highest BCUT2D eigenvalue weighted by Crippen LogP contribution is 2.19. The number of likely N-dealkylation sites (tertiary alicyclic amines) is 1. The van der Waals surface area contributed by atoms with E-state index in [1.54, 1.807) is 17.3 Å². The first-order valence-electron chi connectivity index (χ1n) is 12.7. The standard InChI is InChI=1S/C27H34N6O5/c28-26(32-27(37)38-19-21-7-2-1-3-8-21)30-15-5-10-22(18-34)31-25(36)23-11-6-16-33(23)24(35)13-12-20-9-4-14-29-17-20/h1-4,7-9,14,17-18,22-23H,5-6,10-13,15-16,19H2,(H,31,36)(H3,28,30,32,37)/t22-,23-/m0/s1. The molecule has 1 saturated heterocycles. The van der Waals surface area contributed by atoms with Crippen LogP contribution < -0.4 is 16.4 Å². The van der Waals surface area contributed by atoms with Crippen LogP contribution in [0.5, 0.6) is 0 Å². The van der Waals surface area contributed by atoms with Crippen molar-refractivity contribution in [3.05, 3.63) is 66.0 Å². The Morgan fingerprint density at radius 3 is 2.71 bits per heavy atom. The van der Waals surface area contributed by atoms with Gasteiger partial charge in [-0.15, -0.1) is 0 Å². The van der Waals surface area contributed by atoms with Crippen molar-refractivity contribution in [2.45, 2.75) is 57.2 Å². The molecule has 1 aromatic heterocycles. The van der Waals surface area contributed by atoms with Crippen LogP contribution in [-0.2, 0) is 32.1 Å². The van der Waals surface area contributed by atoms with Crippen molar-refractivity contribution in [1.82, 2.24) is 20.5 Å². The third-order valence-electron chi connectivity index (χ3n) is 6.12.